The van der Waals surface area contributed by atoms with Crippen LogP contribution in [0.25, 0.3) is 0 Å². The molecule has 0 unspecified atom stereocenters. The van der Waals surface area contributed by atoms with Gasteiger partial charge < -0.3 is 19.3 Å². The number of piperazine rings is 1. The molecule has 0 bridgehead atoms. The molecule has 3 saturated heterocycles. The van der Waals surface area contributed by atoms with Gasteiger partial charge in [0.2, 0.25) is 5.91 Å². The van der Waals surface area contributed by atoms with Crippen molar-refractivity contribution in [3.63, 3.8) is 0 Å². The summed E-state index contributed by atoms with van der Waals surface area (Å²) in [5.74, 6) is -0.917. The zero-order chi connectivity index (χ0) is 24.5. The van der Waals surface area contributed by atoms with Gasteiger partial charge >= 0.3 is 6.09 Å². The van der Waals surface area contributed by atoms with Crippen LogP contribution < -0.4 is 0 Å². The van der Waals surface area contributed by atoms with Gasteiger partial charge in [0.15, 0.2) is 0 Å². The van der Waals surface area contributed by atoms with Gasteiger partial charge in [-0.3, -0.25) is 9.69 Å². The molecule has 0 aromatic heterocycles. The van der Waals surface area contributed by atoms with Gasteiger partial charge in [0.25, 0.3) is 0 Å². The summed E-state index contributed by atoms with van der Waals surface area (Å²) in [4.78, 5) is 31.9. The number of carbonyl (C=O) groups is 2. The summed E-state index contributed by atoms with van der Waals surface area (Å²) in [5.41, 5.74) is -0.0121. The van der Waals surface area contributed by atoms with Crippen LogP contribution in [0.15, 0.2) is 18.2 Å². The molecule has 7 nitrogen and oxygen atoms in total. The van der Waals surface area contributed by atoms with Crippen molar-refractivity contribution in [2.24, 2.45) is 5.92 Å². The maximum Gasteiger partial charge on any atom is 0.410 e. The average molecular weight is 496 g/mol. The first kappa shape index (κ1) is 25.2. The summed E-state index contributed by atoms with van der Waals surface area (Å²) in [5, 5.41) is 0.349. The van der Waals surface area contributed by atoms with Gasteiger partial charge in [0.05, 0.1) is 5.92 Å². The Morgan fingerprint density at radius 3 is 2.32 bits per heavy atom. The van der Waals surface area contributed by atoms with Crippen molar-refractivity contribution < 1.29 is 23.5 Å². The lowest BCUT2D eigenvalue weighted by molar-refractivity contribution is -0.137. The van der Waals surface area contributed by atoms with Crippen molar-refractivity contribution in [3.8, 4) is 0 Å². The predicted octanol–water partition coefficient (Wildman–Crippen LogP) is 3.75. The second-order valence-electron chi connectivity index (χ2n) is 10.5. The molecular formula is C25H35ClFN3O4. The fourth-order valence-electron chi connectivity index (χ4n) is 5.22. The third kappa shape index (κ3) is 5.83. The summed E-state index contributed by atoms with van der Waals surface area (Å²) in [6.45, 7) is 9.93. The van der Waals surface area contributed by atoms with E-state index in [1.807, 2.05) is 25.7 Å². The number of hydrogen-bond donors (Lipinski definition) is 0. The molecular weight excluding hydrogens is 461 g/mol. The first-order valence-electron chi connectivity index (χ1n) is 12.2. The van der Waals surface area contributed by atoms with Gasteiger partial charge in [-0.05, 0) is 51.3 Å². The molecule has 2 amide bonds. The fourth-order valence-corrected chi connectivity index (χ4v) is 5.38. The van der Waals surface area contributed by atoms with Crippen LogP contribution in [0.3, 0.4) is 0 Å². The first-order valence-corrected chi connectivity index (χ1v) is 12.5. The molecule has 0 spiro atoms. The quantitative estimate of drug-likeness (QED) is 0.639. The Labute approximate surface area is 206 Å². The van der Waals surface area contributed by atoms with E-state index in [2.05, 4.69) is 4.90 Å². The number of amides is 2. The van der Waals surface area contributed by atoms with Gasteiger partial charge in [-0.1, -0.05) is 17.7 Å². The predicted molar refractivity (Wildman–Crippen MR) is 127 cm³/mol. The Balaban J connectivity index is 1.47. The van der Waals surface area contributed by atoms with Crippen LogP contribution in [-0.2, 0) is 14.3 Å². The van der Waals surface area contributed by atoms with E-state index in [9.17, 15) is 14.0 Å². The molecule has 0 N–H and O–H groups in total. The highest BCUT2D eigenvalue weighted by Gasteiger charge is 2.44. The molecule has 3 fully saturated rings. The van der Waals surface area contributed by atoms with Gasteiger partial charge in [-0.15, -0.1) is 0 Å². The Morgan fingerprint density at radius 2 is 1.71 bits per heavy atom. The van der Waals surface area contributed by atoms with E-state index in [1.165, 1.54) is 6.07 Å². The van der Waals surface area contributed by atoms with E-state index in [0.717, 1.165) is 12.8 Å². The maximum absolute atomic E-state index is 14.9. The van der Waals surface area contributed by atoms with Crippen LogP contribution in [0.5, 0.6) is 0 Å². The second kappa shape index (κ2) is 10.4. The number of halogens is 2. The topological polar surface area (TPSA) is 62.3 Å². The maximum atomic E-state index is 14.9. The Bertz CT molecular complexity index is 895. The molecule has 188 valence electrons. The van der Waals surface area contributed by atoms with Crippen molar-refractivity contribution in [1.29, 1.82) is 0 Å². The summed E-state index contributed by atoms with van der Waals surface area (Å²) in [7, 11) is 0. The van der Waals surface area contributed by atoms with Crippen molar-refractivity contribution in [3.05, 3.63) is 34.6 Å². The van der Waals surface area contributed by atoms with Crippen LogP contribution in [0.4, 0.5) is 9.18 Å². The van der Waals surface area contributed by atoms with E-state index in [-0.39, 0.29) is 29.7 Å². The van der Waals surface area contributed by atoms with E-state index < -0.39 is 5.60 Å². The number of carbonyl (C=O) groups excluding carboxylic acids is 2. The highest BCUT2D eigenvalue weighted by Crippen LogP contribution is 2.38. The van der Waals surface area contributed by atoms with Crippen molar-refractivity contribution in [1.82, 2.24) is 14.7 Å². The number of ether oxygens (including phenoxy) is 2. The van der Waals surface area contributed by atoms with Crippen LogP contribution in [0.1, 0.15) is 45.1 Å². The van der Waals surface area contributed by atoms with Gasteiger partial charge in [0, 0.05) is 69.5 Å². The molecule has 0 aliphatic carbocycles. The van der Waals surface area contributed by atoms with Crippen LogP contribution in [0, 0.1) is 11.7 Å². The van der Waals surface area contributed by atoms with E-state index >= 15 is 0 Å². The molecule has 2 atom stereocenters. The van der Waals surface area contributed by atoms with Crippen molar-refractivity contribution in [2.45, 2.75) is 51.2 Å². The minimum Gasteiger partial charge on any atom is -0.444 e. The Hall–Kier alpha value is -1.90. The Morgan fingerprint density at radius 1 is 1.06 bits per heavy atom. The molecule has 0 saturated carbocycles. The molecule has 34 heavy (non-hydrogen) atoms. The largest absolute Gasteiger partial charge is 0.444 e. The summed E-state index contributed by atoms with van der Waals surface area (Å²) in [6, 6.07) is 5.08. The van der Waals surface area contributed by atoms with E-state index in [1.54, 1.807) is 17.0 Å². The minimum absolute atomic E-state index is 0.0257. The SMILES string of the molecule is CC(C)(C)OC(=O)N1CCN(C(=O)[C@@H]2CN(C3CCOCC3)C[C@H]2c2ccc(Cl)cc2F)CC1. The number of benzene rings is 1. The summed E-state index contributed by atoms with van der Waals surface area (Å²) in [6.07, 6.45) is 1.49. The van der Waals surface area contributed by atoms with Gasteiger partial charge in [-0.2, -0.15) is 0 Å². The first-order chi connectivity index (χ1) is 16.1. The van der Waals surface area contributed by atoms with Crippen molar-refractivity contribution >= 4 is 23.6 Å². The zero-order valence-corrected chi connectivity index (χ0v) is 21.0. The van der Waals surface area contributed by atoms with Gasteiger partial charge in [0.1, 0.15) is 11.4 Å². The smallest absolute Gasteiger partial charge is 0.410 e. The molecule has 9 heteroatoms. The molecule has 3 heterocycles. The molecule has 1 aromatic carbocycles. The second-order valence-corrected chi connectivity index (χ2v) is 10.9. The van der Waals surface area contributed by atoms with Gasteiger partial charge in [-0.25, -0.2) is 9.18 Å². The summed E-state index contributed by atoms with van der Waals surface area (Å²) < 4.78 is 25.9. The third-order valence-electron chi connectivity index (χ3n) is 6.98. The zero-order valence-electron chi connectivity index (χ0n) is 20.3. The molecule has 1 aromatic rings. The monoisotopic (exact) mass is 495 g/mol. The van der Waals surface area contributed by atoms with Crippen molar-refractivity contribution in [2.75, 3.05) is 52.5 Å². The standard InChI is InChI=1S/C25H35ClFN3O4/c1-25(2,3)34-24(32)29-10-8-28(9-11-29)23(31)21-16-30(18-6-12-33-13-7-18)15-20(21)19-5-4-17(26)14-22(19)27/h4-5,14,18,20-21H,6-13,15-16H2,1-3H3/t20-,21+/m0/s1. The van der Waals surface area contributed by atoms with E-state index in [0.29, 0.717) is 69.1 Å². The fraction of sp³-hybridized carbons (Fsp3) is 0.680. The number of nitrogens with zero attached hydrogens (tertiary/aromatic N) is 3. The highest BCUT2D eigenvalue weighted by atomic mass is 35.5. The summed E-state index contributed by atoms with van der Waals surface area (Å²) >= 11 is 5.99. The lowest BCUT2D eigenvalue weighted by Gasteiger charge is -2.37. The minimum atomic E-state index is -0.558. The molecule has 0 radical (unpaired) electrons. The number of rotatable bonds is 3. The molecule has 4 rings (SSSR count). The molecule has 3 aliphatic rings. The van der Waals surface area contributed by atoms with Crippen LogP contribution in [-0.4, -0.2) is 90.8 Å². The van der Waals surface area contributed by atoms with E-state index in [4.69, 9.17) is 21.1 Å². The molecule has 3 aliphatic heterocycles. The van der Waals surface area contributed by atoms with Crippen LogP contribution in [0.2, 0.25) is 5.02 Å². The number of likely N-dealkylation sites (tertiary alicyclic amines) is 1. The highest BCUT2D eigenvalue weighted by molar-refractivity contribution is 6.30. The number of hydrogen-bond acceptors (Lipinski definition) is 5. The lowest BCUT2D eigenvalue weighted by atomic mass is 9.87. The normalized spacial score (nSPS) is 25.0. The third-order valence-corrected chi connectivity index (χ3v) is 7.21. The van der Waals surface area contributed by atoms with Crippen LogP contribution >= 0.6 is 11.6 Å². The average Bonchev–Trinajstić information content (AvgIpc) is 3.23. The Kier molecular flexibility index (Phi) is 7.69. The lowest BCUT2D eigenvalue weighted by Crippen LogP contribution is -2.53.